The molecule has 9 nitrogen and oxygen atoms in total. The molecule has 2 bridgehead atoms. The average molecular weight is 494 g/mol. The van der Waals surface area contributed by atoms with E-state index >= 15 is 0 Å². The van der Waals surface area contributed by atoms with Crippen LogP contribution >= 0.6 is 0 Å². The molecular weight excluding hydrogens is 470 g/mol. The number of pyridine rings is 2. The van der Waals surface area contributed by atoms with E-state index in [0.717, 1.165) is 28.5 Å². The molecule has 2 aliphatic rings. The van der Waals surface area contributed by atoms with Crippen LogP contribution in [0.15, 0.2) is 71.6 Å². The SMILES string of the molecule is O=C(N[C@@H]1C[C@@H]2C[C@H]1CN2C(=O)c1cc2occ(-c3cccnc3)c2[nH]1)c1ccc2cc(O)ccc2n1. The molecule has 2 fully saturated rings. The summed E-state index contributed by atoms with van der Waals surface area (Å²) in [6, 6.07) is 14.0. The zero-order chi connectivity index (χ0) is 25.1. The highest BCUT2D eigenvalue weighted by atomic mass is 16.3. The van der Waals surface area contributed by atoms with E-state index in [-0.39, 0.29) is 35.6 Å². The maximum Gasteiger partial charge on any atom is 0.270 e. The highest BCUT2D eigenvalue weighted by Gasteiger charge is 2.47. The van der Waals surface area contributed by atoms with Crippen molar-refractivity contribution in [1.29, 1.82) is 0 Å². The highest BCUT2D eigenvalue weighted by Crippen LogP contribution is 2.39. The molecule has 1 aliphatic heterocycles. The lowest BCUT2D eigenvalue weighted by molar-refractivity contribution is 0.0674. The van der Waals surface area contributed by atoms with Crippen LogP contribution in [0.3, 0.4) is 0 Å². The Morgan fingerprint density at radius 2 is 2.05 bits per heavy atom. The first-order valence-electron chi connectivity index (χ1n) is 12.3. The minimum Gasteiger partial charge on any atom is -0.508 e. The van der Waals surface area contributed by atoms with Gasteiger partial charge in [0.15, 0.2) is 5.58 Å². The summed E-state index contributed by atoms with van der Waals surface area (Å²) in [7, 11) is 0. The number of amides is 2. The van der Waals surface area contributed by atoms with Gasteiger partial charge in [-0.25, -0.2) is 4.98 Å². The summed E-state index contributed by atoms with van der Waals surface area (Å²) in [5.41, 5.74) is 4.69. The molecule has 184 valence electrons. The number of nitrogens with zero attached hydrogens (tertiary/aromatic N) is 3. The van der Waals surface area contributed by atoms with E-state index in [0.29, 0.717) is 35.5 Å². The van der Waals surface area contributed by atoms with E-state index in [2.05, 4.69) is 20.3 Å². The van der Waals surface area contributed by atoms with E-state index < -0.39 is 0 Å². The van der Waals surface area contributed by atoms with Crippen LogP contribution in [0, 0.1) is 5.92 Å². The van der Waals surface area contributed by atoms with Crippen LogP contribution < -0.4 is 5.32 Å². The number of piperidine rings is 1. The van der Waals surface area contributed by atoms with Crippen molar-refractivity contribution in [1.82, 2.24) is 25.2 Å². The highest BCUT2D eigenvalue weighted by molar-refractivity contribution is 6.01. The Balaban J connectivity index is 1.04. The number of carbonyl (C=O) groups excluding carboxylic acids is 2. The van der Waals surface area contributed by atoms with Crippen molar-refractivity contribution in [3.63, 3.8) is 0 Å². The Labute approximate surface area is 211 Å². The lowest BCUT2D eigenvalue weighted by Gasteiger charge is -2.31. The Morgan fingerprint density at radius 1 is 1.14 bits per heavy atom. The molecule has 9 heteroatoms. The lowest BCUT2D eigenvalue weighted by Crippen LogP contribution is -2.47. The minimum atomic E-state index is -0.224. The number of phenolic OH excluding ortho intramolecular Hbond substituents is 1. The Bertz CT molecular complexity index is 1670. The van der Waals surface area contributed by atoms with Gasteiger partial charge in [-0.2, -0.15) is 0 Å². The lowest BCUT2D eigenvalue weighted by atomic mass is 10.0. The average Bonchev–Trinajstić information content (AvgIpc) is 3.69. The maximum atomic E-state index is 13.4. The zero-order valence-electron chi connectivity index (χ0n) is 19.7. The van der Waals surface area contributed by atoms with Crippen LogP contribution in [-0.2, 0) is 0 Å². The van der Waals surface area contributed by atoms with E-state index in [1.54, 1.807) is 55.1 Å². The fourth-order valence-corrected chi connectivity index (χ4v) is 5.78. The van der Waals surface area contributed by atoms with Gasteiger partial charge in [0.25, 0.3) is 11.8 Å². The van der Waals surface area contributed by atoms with Gasteiger partial charge in [0.2, 0.25) is 0 Å². The number of carbonyl (C=O) groups is 2. The molecule has 1 aliphatic carbocycles. The molecule has 0 radical (unpaired) electrons. The van der Waals surface area contributed by atoms with Gasteiger partial charge in [-0.3, -0.25) is 14.6 Å². The van der Waals surface area contributed by atoms with Gasteiger partial charge in [0.05, 0.1) is 11.0 Å². The molecule has 0 unspecified atom stereocenters. The number of hydrogen-bond donors (Lipinski definition) is 3. The first kappa shape index (κ1) is 21.6. The Morgan fingerprint density at radius 3 is 2.86 bits per heavy atom. The number of likely N-dealkylation sites (tertiary alicyclic amines) is 1. The fourth-order valence-electron chi connectivity index (χ4n) is 5.78. The summed E-state index contributed by atoms with van der Waals surface area (Å²) in [6.07, 6.45) is 6.72. The molecule has 1 saturated carbocycles. The van der Waals surface area contributed by atoms with Gasteiger partial charge in [0, 0.05) is 53.6 Å². The maximum absolute atomic E-state index is 13.4. The van der Waals surface area contributed by atoms with Crippen molar-refractivity contribution < 1.29 is 19.1 Å². The number of benzene rings is 1. The van der Waals surface area contributed by atoms with Crippen molar-refractivity contribution >= 4 is 33.8 Å². The summed E-state index contributed by atoms with van der Waals surface area (Å²) in [6.45, 7) is 0.592. The van der Waals surface area contributed by atoms with Crippen molar-refractivity contribution in [2.45, 2.75) is 24.9 Å². The second kappa shape index (κ2) is 8.19. The van der Waals surface area contributed by atoms with E-state index in [1.165, 1.54) is 0 Å². The third-order valence-electron chi connectivity index (χ3n) is 7.58. The predicted octanol–water partition coefficient (Wildman–Crippen LogP) is 4.11. The number of rotatable bonds is 4. The smallest absolute Gasteiger partial charge is 0.270 e. The quantitative estimate of drug-likeness (QED) is 0.346. The summed E-state index contributed by atoms with van der Waals surface area (Å²) in [5.74, 6) is 0.0759. The molecule has 37 heavy (non-hydrogen) atoms. The molecule has 5 heterocycles. The largest absolute Gasteiger partial charge is 0.508 e. The Kier molecular flexibility index (Phi) is 4.78. The van der Waals surface area contributed by atoms with Gasteiger partial charge in [0.1, 0.15) is 23.4 Å². The molecule has 5 aromatic rings. The Hall–Kier alpha value is -4.66. The normalized spacial score (nSPS) is 20.6. The molecule has 3 atom stereocenters. The van der Waals surface area contributed by atoms with Crippen LogP contribution in [0.1, 0.15) is 33.8 Å². The number of furan rings is 1. The van der Waals surface area contributed by atoms with E-state index in [4.69, 9.17) is 4.42 Å². The van der Waals surface area contributed by atoms with E-state index in [9.17, 15) is 14.7 Å². The molecule has 2 amide bonds. The van der Waals surface area contributed by atoms with Crippen molar-refractivity contribution in [2.24, 2.45) is 5.92 Å². The van der Waals surface area contributed by atoms with Crippen LogP contribution in [0.4, 0.5) is 0 Å². The van der Waals surface area contributed by atoms with Gasteiger partial charge in [-0.1, -0.05) is 12.1 Å². The van der Waals surface area contributed by atoms with Gasteiger partial charge in [-0.15, -0.1) is 0 Å². The monoisotopic (exact) mass is 493 g/mol. The summed E-state index contributed by atoms with van der Waals surface area (Å²) in [4.78, 5) is 40.1. The summed E-state index contributed by atoms with van der Waals surface area (Å²) in [5, 5.41) is 13.5. The number of aromatic nitrogens is 3. The van der Waals surface area contributed by atoms with Gasteiger partial charge < -0.3 is 24.7 Å². The van der Waals surface area contributed by atoms with Gasteiger partial charge >= 0.3 is 0 Å². The predicted molar refractivity (Wildman–Crippen MR) is 136 cm³/mol. The van der Waals surface area contributed by atoms with Gasteiger partial charge in [-0.05, 0) is 49.1 Å². The second-order valence-electron chi connectivity index (χ2n) is 9.81. The number of H-pyrrole nitrogens is 1. The molecule has 1 saturated heterocycles. The van der Waals surface area contributed by atoms with Crippen molar-refractivity contribution in [2.75, 3.05) is 6.54 Å². The van der Waals surface area contributed by atoms with Crippen LogP contribution in [0.25, 0.3) is 33.1 Å². The third-order valence-corrected chi connectivity index (χ3v) is 7.58. The molecule has 1 aromatic carbocycles. The summed E-state index contributed by atoms with van der Waals surface area (Å²) < 4.78 is 5.70. The molecule has 7 rings (SSSR count). The van der Waals surface area contributed by atoms with Crippen molar-refractivity contribution in [3.8, 4) is 16.9 Å². The van der Waals surface area contributed by atoms with Crippen LogP contribution in [-0.4, -0.2) is 55.4 Å². The van der Waals surface area contributed by atoms with Crippen molar-refractivity contribution in [3.05, 3.63) is 78.6 Å². The zero-order valence-corrected chi connectivity index (χ0v) is 19.7. The third kappa shape index (κ3) is 3.62. The molecular formula is C28H23N5O4. The number of nitrogens with one attached hydrogen (secondary N) is 2. The number of aromatic hydroxyl groups is 1. The number of fused-ring (bicyclic) bond motifs is 4. The second-order valence-corrected chi connectivity index (χ2v) is 9.81. The standard InChI is InChI=1S/C28H23N5O4/c34-19-4-6-21-15(9-19)3-5-22(30-21)27(35)32-23-10-18-8-17(23)13-33(18)28(36)24-11-25-26(31-24)20(14-37-25)16-2-1-7-29-12-16/h1-7,9,11-12,14,17-18,23,31,34H,8,10,13H2,(H,32,35)/t17-,18-,23+/m0/s1. The van der Waals surface area contributed by atoms with Crippen LogP contribution in [0.5, 0.6) is 5.75 Å². The number of aromatic amines is 1. The molecule has 0 spiro atoms. The topological polar surface area (TPSA) is 124 Å². The fraction of sp³-hybridized carbons (Fsp3) is 0.214. The first-order valence-corrected chi connectivity index (χ1v) is 12.3. The minimum absolute atomic E-state index is 0.00374. The summed E-state index contributed by atoms with van der Waals surface area (Å²) >= 11 is 0. The van der Waals surface area contributed by atoms with E-state index in [1.807, 2.05) is 17.0 Å². The van der Waals surface area contributed by atoms with Crippen LogP contribution in [0.2, 0.25) is 0 Å². The first-order chi connectivity index (χ1) is 18.0. The number of phenols is 1. The molecule has 4 aromatic heterocycles. The molecule has 3 N–H and O–H groups in total. The number of hydrogen-bond acceptors (Lipinski definition) is 6.